The van der Waals surface area contributed by atoms with Gasteiger partial charge in [0, 0.05) is 25.7 Å². The molecule has 1 amide bonds. The Kier molecular flexibility index (Phi) is 3.92. The summed E-state index contributed by atoms with van der Waals surface area (Å²) in [5.74, 6) is 0.0805. The van der Waals surface area contributed by atoms with Crippen LogP contribution in [0, 0.1) is 0 Å². The minimum Gasteiger partial charge on any atom is -0.379 e. The van der Waals surface area contributed by atoms with Crippen molar-refractivity contribution in [3.8, 4) is 0 Å². The largest absolute Gasteiger partial charge is 0.379 e. The van der Waals surface area contributed by atoms with Crippen LogP contribution in [0.3, 0.4) is 0 Å². The van der Waals surface area contributed by atoms with Crippen molar-refractivity contribution in [3.63, 3.8) is 0 Å². The lowest BCUT2D eigenvalue weighted by molar-refractivity contribution is -0.148. The summed E-state index contributed by atoms with van der Waals surface area (Å²) in [6.07, 6.45) is 2.07. The number of ether oxygens (including phenoxy) is 1. The van der Waals surface area contributed by atoms with Crippen LogP contribution in [-0.4, -0.2) is 42.2 Å². The van der Waals surface area contributed by atoms with Crippen LogP contribution in [-0.2, 0) is 9.53 Å². The van der Waals surface area contributed by atoms with E-state index in [9.17, 15) is 4.79 Å². The number of morpholine rings is 1. The smallest absolute Gasteiger partial charge is 0.240 e. The second kappa shape index (κ2) is 4.99. The Hall–Kier alpha value is -0.870. The predicted octanol–water partition coefficient (Wildman–Crippen LogP) is 0.616. The molecule has 1 aliphatic heterocycles. The SMILES string of the molecule is C=CN(C(=O)CC)N1CCOCC1. The zero-order valence-corrected chi connectivity index (χ0v) is 8.03. The molecule has 0 aliphatic carbocycles. The Bertz CT molecular complexity index is 188. The van der Waals surface area contributed by atoms with Crippen LogP contribution in [0.15, 0.2) is 12.8 Å². The molecule has 0 aromatic carbocycles. The van der Waals surface area contributed by atoms with Crippen molar-refractivity contribution >= 4 is 5.91 Å². The Labute approximate surface area is 78.7 Å². The van der Waals surface area contributed by atoms with Gasteiger partial charge in [-0.05, 0) is 0 Å². The summed E-state index contributed by atoms with van der Waals surface area (Å²) in [4.78, 5) is 11.4. The number of amides is 1. The molecular weight excluding hydrogens is 168 g/mol. The van der Waals surface area contributed by atoms with E-state index in [0.29, 0.717) is 19.6 Å². The second-order valence-corrected chi connectivity index (χ2v) is 2.84. The summed E-state index contributed by atoms with van der Waals surface area (Å²) in [5, 5.41) is 3.55. The molecule has 0 spiro atoms. The molecule has 0 bridgehead atoms. The number of nitrogens with zero attached hydrogens (tertiary/aromatic N) is 2. The van der Waals surface area contributed by atoms with Crippen molar-refractivity contribution < 1.29 is 9.53 Å². The Morgan fingerprint density at radius 1 is 1.62 bits per heavy atom. The summed E-state index contributed by atoms with van der Waals surface area (Å²) < 4.78 is 5.19. The van der Waals surface area contributed by atoms with Gasteiger partial charge in [0.05, 0.1) is 13.2 Å². The zero-order chi connectivity index (χ0) is 9.68. The third kappa shape index (κ3) is 2.54. The highest BCUT2D eigenvalue weighted by Crippen LogP contribution is 2.05. The van der Waals surface area contributed by atoms with Gasteiger partial charge in [-0.25, -0.2) is 5.01 Å². The van der Waals surface area contributed by atoms with Gasteiger partial charge in [0.25, 0.3) is 0 Å². The Morgan fingerprint density at radius 2 is 2.23 bits per heavy atom. The van der Waals surface area contributed by atoms with Gasteiger partial charge in [0.1, 0.15) is 0 Å². The third-order valence-corrected chi connectivity index (χ3v) is 2.02. The van der Waals surface area contributed by atoms with E-state index < -0.39 is 0 Å². The summed E-state index contributed by atoms with van der Waals surface area (Å²) >= 11 is 0. The number of carbonyl (C=O) groups is 1. The minimum absolute atomic E-state index is 0.0805. The number of carbonyl (C=O) groups excluding carboxylic acids is 1. The fourth-order valence-electron chi connectivity index (χ4n) is 1.31. The third-order valence-electron chi connectivity index (χ3n) is 2.02. The summed E-state index contributed by atoms with van der Waals surface area (Å²) in [5.41, 5.74) is 0. The quantitative estimate of drug-likeness (QED) is 0.644. The maximum atomic E-state index is 11.4. The molecule has 0 unspecified atom stereocenters. The molecule has 0 saturated carbocycles. The summed E-state index contributed by atoms with van der Waals surface area (Å²) in [7, 11) is 0. The van der Waals surface area contributed by atoms with E-state index >= 15 is 0 Å². The second-order valence-electron chi connectivity index (χ2n) is 2.84. The maximum absolute atomic E-state index is 11.4. The van der Waals surface area contributed by atoms with Gasteiger partial charge in [0.2, 0.25) is 5.91 Å². The first-order valence-electron chi connectivity index (χ1n) is 4.56. The molecule has 4 heteroatoms. The van der Waals surface area contributed by atoms with E-state index in [1.54, 1.807) is 11.2 Å². The first-order valence-corrected chi connectivity index (χ1v) is 4.56. The standard InChI is InChI=1S/C9H16N2O2/c1-3-9(12)11(4-2)10-5-7-13-8-6-10/h4H,2-3,5-8H2,1H3. The molecule has 4 nitrogen and oxygen atoms in total. The molecule has 1 saturated heterocycles. The van der Waals surface area contributed by atoms with Crippen molar-refractivity contribution in [1.29, 1.82) is 0 Å². The first-order chi connectivity index (χ1) is 6.29. The van der Waals surface area contributed by atoms with Crippen LogP contribution in [0.25, 0.3) is 0 Å². The number of hydrogen-bond acceptors (Lipinski definition) is 3. The van der Waals surface area contributed by atoms with Crippen LogP contribution < -0.4 is 0 Å². The molecule has 0 aromatic heterocycles. The molecule has 1 aliphatic rings. The topological polar surface area (TPSA) is 32.8 Å². The lowest BCUT2D eigenvalue weighted by Gasteiger charge is -2.34. The van der Waals surface area contributed by atoms with Crippen LogP contribution in [0.1, 0.15) is 13.3 Å². The van der Waals surface area contributed by atoms with Gasteiger partial charge in [0.15, 0.2) is 0 Å². The molecule has 1 fully saturated rings. The Balaban J connectivity index is 2.53. The average molecular weight is 184 g/mol. The van der Waals surface area contributed by atoms with Gasteiger partial charge >= 0.3 is 0 Å². The fourth-order valence-corrected chi connectivity index (χ4v) is 1.31. The van der Waals surface area contributed by atoms with Gasteiger partial charge in [-0.15, -0.1) is 0 Å². The first kappa shape index (κ1) is 10.2. The summed E-state index contributed by atoms with van der Waals surface area (Å²) in [6.45, 7) is 8.36. The molecule has 1 heterocycles. The molecule has 0 aromatic rings. The minimum atomic E-state index is 0.0805. The van der Waals surface area contributed by atoms with Gasteiger partial charge in [-0.1, -0.05) is 13.5 Å². The lowest BCUT2D eigenvalue weighted by atomic mass is 10.4. The number of hydrazine groups is 1. The van der Waals surface area contributed by atoms with Crippen molar-refractivity contribution in [2.75, 3.05) is 26.3 Å². The molecule has 0 atom stereocenters. The van der Waals surface area contributed by atoms with Gasteiger partial charge in [-0.2, -0.15) is 0 Å². The van der Waals surface area contributed by atoms with E-state index in [1.165, 1.54) is 0 Å². The van der Waals surface area contributed by atoms with E-state index in [-0.39, 0.29) is 5.91 Å². The van der Waals surface area contributed by atoms with Crippen molar-refractivity contribution in [1.82, 2.24) is 10.0 Å². The maximum Gasteiger partial charge on any atom is 0.240 e. The fraction of sp³-hybridized carbons (Fsp3) is 0.667. The monoisotopic (exact) mass is 184 g/mol. The molecule has 13 heavy (non-hydrogen) atoms. The average Bonchev–Trinajstić information content (AvgIpc) is 2.20. The molecule has 0 radical (unpaired) electrons. The van der Waals surface area contributed by atoms with Crippen molar-refractivity contribution in [2.24, 2.45) is 0 Å². The van der Waals surface area contributed by atoms with Crippen LogP contribution >= 0.6 is 0 Å². The molecule has 1 rings (SSSR count). The Morgan fingerprint density at radius 3 is 2.69 bits per heavy atom. The van der Waals surface area contributed by atoms with E-state index in [1.807, 2.05) is 11.9 Å². The highest BCUT2D eigenvalue weighted by Gasteiger charge is 2.19. The van der Waals surface area contributed by atoms with Gasteiger partial charge < -0.3 is 4.74 Å². The van der Waals surface area contributed by atoms with Crippen LogP contribution in [0.2, 0.25) is 0 Å². The van der Waals surface area contributed by atoms with Crippen molar-refractivity contribution in [3.05, 3.63) is 12.8 Å². The van der Waals surface area contributed by atoms with E-state index in [4.69, 9.17) is 4.74 Å². The highest BCUT2D eigenvalue weighted by molar-refractivity contribution is 5.76. The normalized spacial score (nSPS) is 18.2. The van der Waals surface area contributed by atoms with Crippen LogP contribution in [0.4, 0.5) is 0 Å². The molecule has 74 valence electrons. The van der Waals surface area contributed by atoms with Gasteiger partial charge in [-0.3, -0.25) is 9.80 Å². The predicted molar refractivity (Wildman–Crippen MR) is 49.7 cm³/mol. The number of hydrogen-bond donors (Lipinski definition) is 0. The highest BCUT2D eigenvalue weighted by atomic mass is 16.5. The van der Waals surface area contributed by atoms with Crippen molar-refractivity contribution in [2.45, 2.75) is 13.3 Å². The summed E-state index contributed by atoms with van der Waals surface area (Å²) in [6, 6.07) is 0. The molecular formula is C9H16N2O2. The van der Waals surface area contributed by atoms with E-state index in [0.717, 1.165) is 13.1 Å². The lowest BCUT2D eigenvalue weighted by Crippen LogP contribution is -2.48. The van der Waals surface area contributed by atoms with E-state index in [2.05, 4.69) is 6.58 Å². The molecule has 0 N–H and O–H groups in total. The zero-order valence-electron chi connectivity index (χ0n) is 8.03. The van der Waals surface area contributed by atoms with Crippen LogP contribution in [0.5, 0.6) is 0 Å². The number of rotatable bonds is 3.